The lowest BCUT2D eigenvalue weighted by molar-refractivity contribution is 0.261. The summed E-state index contributed by atoms with van der Waals surface area (Å²) >= 11 is 0. The first-order chi connectivity index (χ1) is 17.6. The molecule has 0 saturated carbocycles. The number of hydrogen-bond acceptors (Lipinski definition) is 6. The molecule has 0 fully saturated rings. The Morgan fingerprint density at radius 3 is 1.67 bits per heavy atom. The lowest BCUT2D eigenvalue weighted by Gasteiger charge is -2.12. The first-order valence-electron chi connectivity index (χ1n) is 11.7. The van der Waals surface area contributed by atoms with Gasteiger partial charge in [-0.1, -0.05) is 18.2 Å². The summed E-state index contributed by atoms with van der Waals surface area (Å²) in [5.41, 5.74) is 4.28. The van der Waals surface area contributed by atoms with Gasteiger partial charge in [-0.3, -0.25) is 9.98 Å². The Balaban J connectivity index is 0. The highest BCUT2D eigenvalue weighted by Crippen LogP contribution is 2.18. The third-order valence-electron chi connectivity index (χ3n) is 5.54. The number of carbonyl (C=O) groups excluding carboxylic acids is 2. The van der Waals surface area contributed by atoms with Crippen molar-refractivity contribution in [2.45, 2.75) is 0 Å². The molecule has 10 heteroatoms. The van der Waals surface area contributed by atoms with Crippen LogP contribution >= 0.6 is 0 Å². The van der Waals surface area contributed by atoms with Gasteiger partial charge in [0.15, 0.2) is 0 Å². The van der Waals surface area contributed by atoms with Crippen LogP contribution in [0.3, 0.4) is 0 Å². The monoisotopic (exact) mass is 494 g/mol. The Labute approximate surface area is 217 Å². The topological polar surface area (TPSA) is 131 Å². The van der Waals surface area contributed by atoms with E-state index in [0.29, 0.717) is 22.7 Å². The van der Waals surface area contributed by atoms with E-state index in [9.17, 15) is 9.59 Å². The quantitative estimate of drug-likeness (QED) is 0.283. The van der Waals surface area contributed by atoms with E-state index in [0.717, 1.165) is 49.0 Å². The Bertz CT molecular complexity index is 1360. The van der Waals surface area contributed by atoms with Crippen LogP contribution in [0.2, 0.25) is 0 Å². The van der Waals surface area contributed by atoms with E-state index in [1.807, 2.05) is 48.5 Å². The van der Waals surface area contributed by atoms with Crippen LogP contribution in [0.25, 0.3) is 0 Å². The Hall–Kier alpha value is -4.86. The smallest absolute Gasteiger partial charge is 0.323 e. The number of amides is 4. The van der Waals surface area contributed by atoms with Crippen LogP contribution in [0.15, 0.2) is 82.8 Å². The molecular weight excluding hydrogens is 456 g/mol. The van der Waals surface area contributed by atoms with E-state index in [2.05, 4.69) is 41.9 Å². The number of hydrogen-bond donors (Lipinski definition) is 6. The van der Waals surface area contributed by atoms with Crippen molar-refractivity contribution in [3.05, 3.63) is 83.9 Å². The largest absolute Gasteiger partial charge is 0.368 e. The van der Waals surface area contributed by atoms with E-state index in [1.165, 1.54) is 0 Å². The molecule has 4 amide bonds. The molecule has 3 aromatic carbocycles. The highest BCUT2D eigenvalue weighted by molar-refractivity contribution is 6.04. The van der Waals surface area contributed by atoms with Crippen molar-refractivity contribution >= 4 is 46.5 Å². The number of amidine groups is 2. The van der Waals surface area contributed by atoms with Gasteiger partial charge in [-0.25, -0.2) is 9.59 Å². The molecule has 3 aromatic rings. The number of rotatable bonds is 6. The van der Waals surface area contributed by atoms with Crippen molar-refractivity contribution in [2.24, 2.45) is 9.98 Å². The molecule has 6 N–H and O–H groups in total. The average Bonchev–Trinajstić information content (AvgIpc) is 3.60. The second-order valence-corrected chi connectivity index (χ2v) is 8.21. The second kappa shape index (κ2) is 10.6. The fraction of sp³-hybridized carbons (Fsp3) is 0.154. The fourth-order valence-corrected chi connectivity index (χ4v) is 3.90. The zero-order valence-electron chi connectivity index (χ0n) is 19.5. The van der Waals surface area contributed by atoms with Crippen molar-refractivity contribution in [2.75, 3.05) is 47.4 Å². The van der Waals surface area contributed by atoms with Gasteiger partial charge in [0.2, 0.25) is 0 Å². The van der Waals surface area contributed by atoms with Crippen LogP contribution in [0, 0.1) is 0 Å². The average molecular weight is 495 g/mol. The molecule has 0 atom stereocenters. The summed E-state index contributed by atoms with van der Waals surface area (Å²) in [6, 6.07) is 21.1. The lowest BCUT2D eigenvalue weighted by Crippen LogP contribution is -2.22. The highest BCUT2D eigenvalue weighted by Gasteiger charge is 2.11. The van der Waals surface area contributed by atoms with Crippen molar-refractivity contribution < 1.29 is 18.1 Å². The molecule has 0 saturated heterocycles. The fourth-order valence-electron chi connectivity index (χ4n) is 3.90. The second-order valence-electron chi connectivity index (χ2n) is 8.21. The molecule has 0 aliphatic carbocycles. The van der Waals surface area contributed by atoms with Crippen molar-refractivity contribution in [3.63, 3.8) is 0 Å². The molecule has 2 heterocycles. The molecule has 2 aliphatic heterocycles. The van der Waals surface area contributed by atoms with Gasteiger partial charge in [0, 0.05) is 55.5 Å². The predicted octanol–water partition coefficient (Wildman–Crippen LogP) is 5.15. The molecule has 36 heavy (non-hydrogen) atoms. The van der Waals surface area contributed by atoms with Crippen LogP contribution in [-0.2, 0) is 0 Å². The van der Waals surface area contributed by atoms with Crippen molar-refractivity contribution in [1.29, 1.82) is 0 Å². The molecule has 0 unspecified atom stereocenters. The molecule has 2 aliphatic rings. The minimum Gasteiger partial charge on any atom is -0.368 e. The third-order valence-corrected chi connectivity index (χ3v) is 5.54. The Morgan fingerprint density at radius 2 is 1.11 bits per heavy atom. The maximum Gasteiger partial charge on any atom is 0.323 e. The summed E-state index contributed by atoms with van der Waals surface area (Å²) in [5, 5.41) is 17.6. The van der Waals surface area contributed by atoms with E-state index in [1.54, 1.807) is 24.3 Å². The molecule has 5 rings (SSSR count). The van der Waals surface area contributed by atoms with Gasteiger partial charge in [-0.2, -0.15) is 0 Å². The standard InChI is InChI=1S/C26H26N8O2.6H2/c35-25(31-19-9-7-17(8-10-19)23-27-11-12-28-23)33-21-5-2-6-22(16-21)34-26(36)32-20-4-1-3-18(15-20)24-29-13-14-30-24;;;;;;/h1-10,15-16H,11-14H2,(H,27,28)(H,29,30)(H2,31,33,35)(H2,32,34,36);6*1H. The van der Waals surface area contributed by atoms with Gasteiger partial charge in [0.1, 0.15) is 11.7 Å². The van der Waals surface area contributed by atoms with E-state index < -0.39 is 6.03 Å². The maximum atomic E-state index is 12.5. The zero-order valence-corrected chi connectivity index (χ0v) is 19.5. The summed E-state index contributed by atoms with van der Waals surface area (Å²) in [5.74, 6) is 1.69. The first kappa shape index (κ1) is 22.9. The molecule has 0 radical (unpaired) electrons. The molecule has 194 valence electrons. The van der Waals surface area contributed by atoms with Crippen LogP contribution in [0.1, 0.15) is 19.7 Å². The summed E-state index contributed by atoms with van der Waals surface area (Å²) in [7, 11) is 0. The minimum absolute atomic E-state index is 0. The molecule has 0 spiro atoms. The highest BCUT2D eigenvalue weighted by atomic mass is 16.2. The summed E-state index contributed by atoms with van der Waals surface area (Å²) in [6.07, 6.45) is 0. The minimum atomic E-state index is -0.392. The van der Waals surface area contributed by atoms with Crippen LogP contribution in [0.4, 0.5) is 32.3 Å². The zero-order chi connectivity index (χ0) is 24.7. The van der Waals surface area contributed by atoms with Gasteiger partial charge in [0.25, 0.3) is 0 Å². The van der Waals surface area contributed by atoms with Crippen LogP contribution < -0.4 is 31.9 Å². The number of benzene rings is 3. The van der Waals surface area contributed by atoms with E-state index in [4.69, 9.17) is 0 Å². The SMILES string of the molecule is O=C(Nc1ccc(C2=NCCN2)cc1)Nc1cccc(NC(=O)Nc2cccc(C3=NCCN3)c2)c1.[HH].[HH].[HH].[HH].[HH].[HH]. The predicted molar refractivity (Wildman–Crippen MR) is 156 cm³/mol. The normalized spacial score (nSPS) is 14.1. The molecular formula is C26H38N8O2. The van der Waals surface area contributed by atoms with Crippen molar-refractivity contribution in [3.8, 4) is 0 Å². The van der Waals surface area contributed by atoms with Crippen molar-refractivity contribution in [1.82, 2.24) is 10.6 Å². The number of carbonyl (C=O) groups is 2. The van der Waals surface area contributed by atoms with Gasteiger partial charge in [-0.05, 0) is 54.6 Å². The number of aliphatic imine (C=N–C) groups is 2. The number of nitrogens with one attached hydrogen (secondary N) is 6. The first-order valence-corrected chi connectivity index (χ1v) is 11.7. The van der Waals surface area contributed by atoms with E-state index >= 15 is 0 Å². The van der Waals surface area contributed by atoms with Crippen LogP contribution in [0.5, 0.6) is 0 Å². The summed E-state index contributed by atoms with van der Waals surface area (Å²) in [4.78, 5) is 33.8. The molecule has 0 aromatic heterocycles. The summed E-state index contributed by atoms with van der Waals surface area (Å²) in [6.45, 7) is 3.18. The summed E-state index contributed by atoms with van der Waals surface area (Å²) < 4.78 is 0. The maximum absolute atomic E-state index is 12.5. The number of anilines is 4. The Kier molecular flexibility index (Phi) is 6.74. The Morgan fingerprint density at radius 1 is 0.611 bits per heavy atom. The lowest BCUT2D eigenvalue weighted by atomic mass is 10.2. The van der Waals surface area contributed by atoms with Gasteiger partial charge >= 0.3 is 12.1 Å². The van der Waals surface area contributed by atoms with Gasteiger partial charge < -0.3 is 31.9 Å². The molecule has 0 bridgehead atoms. The van der Waals surface area contributed by atoms with Gasteiger partial charge in [0.05, 0.1) is 13.1 Å². The molecule has 10 nitrogen and oxygen atoms in total. The van der Waals surface area contributed by atoms with E-state index in [-0.39, 0.29) is 14.6 Å². The van der Waals surface area contributed by atoms with Gasteiger partial charge in [-0.15, -0.1) is 0 Å². The number of urea groups is 2. The van der Waals surface area contributed by atoms with Crippen LogP contribution in [-0.4, -0.2) is 49.9 Å². The number of nitrogens with zero attached hydrogens (tertiary/aromatic N) is 2. The third kappa shape index (κ3) is 5.79.